The maximum absolute atomic E-state index is 10.1. The standard InChI is InChI=1S/C12H18ClNO/c1-7(2)10-5-9(14-13)6-11(8(3)4)12(10)15/h5-8,14-15H,1-4H3. The first-order valence-corrected chi connectivity index (χ1v) is 5.58. The van der Waals surface area contributed by atoms with Crippen molar-refractivity contribution >= 4 is 17.5 Å². The van der Waals surface area contributed by atoms with Crippen molar-refractivity contribution in [1.29, 1.82) is 0 Å². The Morgan fingerprint density at radius 1 is 1.07 bits per heavy atom. The Bertz CT molecular complexity index is 318. The van der Waals surface area contributed by atoms with Crippen LogP contribution in [0.15, 0.2) is 12.1 Å². The molecule has 0 unspecified atom stereocenters. The number of aromatic hydroxyl groups is 1. The second kappa shape index (κ2) is 4.75. The van der Waals surface area contributed by atoms with E-state index in [0.29, 0.717) is 5.75 Å². The molecule has 84 valence electrons. The van der Waals surface area contributed by atoms with E-state index in [9.17, 15) is 5.11 Å². The lowest BCUT2D eigenvalue weighted by molar-refractivity contribution is 0.454. The molecule has 0 saturated heterocycles. The molecule has 15 heavy (non-hydrogen) atoms. The zero-order valence-corrected chi connectivity index (χ0v) is 10.4. The Morgan fingerprint density at radius 2 is 1.47 bits per heavy atom. The van der Waals surface area contributed by atoms with Crippen LogP contribution in [-0.4, -0.2) is 5.11 Å². The molecule has 0 aliphatic rings. The van der Waals surface area contributed by atoms with Crippen molar-refractivity contribution in [2.24, 2.45) is 0 Å². The molecule has 0 bridgehead atoms. The first kappa shape index (κ1) is 12.2. The monoisotopic (exact) mass is 227 g/mol. The van der Waals surface area contributed by atoms with Gasteiger partial charge in [-0.25, -0.2) is 0 Å². The van der Waals surface area contributed by atoms with Crippen LogP contribution in [0.1, 0.15) is 50.7 Å². The molecule has 3 heteroatoms. The van der Waals surface area contributed by atoms with E-state index in [0.717, 1.165) is 16.8 Å². The predicted molar refractivity (Wildman–Crippen MR) is 65.8 cm³/mol. The molecule has 0 aliphatic heterocycles. The van der Waals surface area contributed by atoms with Crippen LogP contribution in [0.4, 0.5) is 5.69 Å². The highest BCUT2D eigenvalue weighted by Gasteiger charge is 2.14. The first-order valence-electron chi connectivity index (χ1n) is 5.20. The highest BCUT2D eigenvalue weighted by atomic mass is 35.5. The van der Waals surface area contributed by atoms with Gasteiger partial charge in [-0.1, -0.05) is 27.7 Å². The molecule has 0 aliphatic carbocycles. The third kappa shape index (κ3) is 2.57. The van der Waals surface area contributed by atoms with Gasteiger partial charge >= 0.3 is 0 Å². The predicted octanol–water partition coefficient (Wildman–Crippen LogP) is 4.20. The summed E-state index contributed by atoms with van der Waals surface area (Å²) < 4.78 is 0. The van der Waals surface area contributed by atoms with E-state index in [1.54, 1.807) is 0 Å². The van der Waals surface area contributed by atoms with Gasteiger partial charge in [0.05, 0.1) is 0 Å². The van der Waals surface area contributed by atoms with Crippen molar-refractivity contribution in [1.82, 2.24) is 0 Å². The van der Waals surface area contributed by atoms with Crippen LogP contribution < -0.4 is 4.84 Å². The molecule has 0 amide bonds. The van der Waals surface area contributed by atoms with Crippen molar-refractivity contribution in [3.05, 3.63) is 23.3 Å². The van der Waals surface area contributed by atoms with Gasteiger partial charge in [0.2, 0.25) is 0 Å². The number of benzene rings is 1. The summed E-state index contributed by atoms with van der Waals surface area (Å²) >= 11 is 5.60. The molecule has 1 rings (SSSR count). The molecular formula is C12H18ClNO. The molecular weight excluding hydrogens is 210 g/mol. The summed E-state index contributed by atoms with van der Waals surface area (Å²) in [5.41, 5.74) is 2.70. The molecule has 0 atom stereocenters. The Balaban J connectivity index is 3.33. The summed E-state index contributed by atoms with van der Waals surface area (Å²) in [5, 5.41) is 10.1. The third-order valence-corrected chi connectivity index (χ3v) is 2.74. The summed E-state index contributed by atoms with van der Waals surface area (Å²) in [4.78, 5) is 2.61. The fourth-order valence-corrected chi connectivity index (χ4v) is 1.72. The number of anilines is 1. The van der Waals surface area contributed by atoms with Gasteiger partial charge < -0.3 is 5.11 Å². The van der Waals surface area contributed by atoms with Crippen LogP contribution in [0, 0.1) is 0 Å². The second-order valence-electron chi connectivity index (χ2n) is 4.41. The number of hydrogen-bond acceptors (Lipinski definition) is 2. The maximum atomic E-state index is 10.1. The van der Waals surface area contributed by atoms with Crippen LogP contribution in [0.5, 0.6) is 5.75 Å². The molecule has 0 heterocycles. The lowest BCUT2D eigenvalue weighted by Crippen LogP contribution is -1.97. The lowest BCUT2D eigenvalue weighted by Gasteiger charge is -2.16. The minimum Gasteiger partial charge on any atom is -0.507 e. The summed E-state index contributed by atoms with van der Waals surface area (Å²) in [7, 11) is 0. The summed E-state index contributed by atoms with van der Waals surface area (Å²) in [6.07, 6.45) is 0. The van der Waals surface area contributed by atoms with Crippen LogP contribution in [0.2, 0.25) is 0 Å². The average Bonchev–Trinajstić information content (AvgIpc) is 2.17. The Kier molecular flexibility index (Phi) is 3.86. The van der Waals surface area contributed by atoms with E-state index >= 15 is 0 Å². The summed E-state index contributed by atoms with van der Waals surface area (Å²) in [6, 6.07) is 3.78. The molecule has 1 aromatic rings. The van der Waals surface area contributed by atoms with Crippen LogP contribution >= 0.6 is 11.8 Å². The molecule has 0 aromatic heterocycles. The first-order chi connectivity index (χ1) is 6.97. The molecule has 0 fully saturated rings. The fraction of sp³-hybridized carbons (Fsp3) is 0.500. The van der Waals surface area contributed by atoms with Crippen LogP contribution in [0.25, 0.3) is 0 Å². The number of phenols is 1. The third-order valence-electron chi connectivity index (χ3n) is 2.52. The SMILES string of the molecule is CC(C)c1cc(NCl)cc(C(C)C)c1O. The van der Waals surface area contributed by atoms with Crippen molar-refractivity contribution in [2.75, 3.05) is 4.84 Å². The van der Waals surface area contributed by atoms with Crippen molar-refractivity contribution in [2.45, 2.75) is 39.5 Å². The van der Waals surface area contributed by atoms with Crippen molar-refractivity contribution in [3.63, 3.8) is 0 Å². The minimum atomic E-state index is 0.285. The Hall–Kier alpha value is -0.890. The van der Waals surface area contributed by atoms with Gasteiger partial charge in [0.1, 0.15) is 5.75 Å². The second-order valence-corrected chi connectivity index (χ2v) is 4.60. The molecule has 0 saturated carbocycles. The van der Waals surface area contributed by atoms with Gasteiger partial charge in [-0.3, -0.25) is 4.84 Å². The van der Waals surface area contributed by atoms with E-state index in [4.69, 9.17) is 11.8 Å². The normalized spacial score (nSPS) is 11.1. The lowest BCUT2D eigenvalue weighted by atomic mass is 9.93. The Morgan fingerprint density at radius 3 is 1.73 bits per heavy atom. The van der Waals surface area contributed by atoms with E-state index in [2.05, 4.69) is 32.5 Å². The minimum absolute atomic E-state index is 0.285. The zero-order valence-electron chi connectivity index (χ0n) is 9.63. The number of hydrogen-bond donors (Lipinski definition) is 2. The van der Waals surface area contributed by atoms with Gasteiger partial charge in [0.25, 0.3) is 0 Å². The van der Waals surface area contributed by atoms with Gasteiger partial charge in [-0.05, 0) is 35.1 Å². The molecule has 0 radical (unpaired) electrons. The van der Waals surface area contributed by atoms with Crippen molar-refractivity contribution in [3.8, 4) is 5.75 Å². The van der Waals surface area contributed by atoms with Crippen molar-refractivity contribution < 1.29 is 5.11 Å². The van der Waals surface area contributed by atoms with E-state index in [-0.39, 0.29) is 11.8 Å². The molecule has 1 aromatic carbocycles. The van der Waals surface area contributed by atoms with Gasteiger partial charge in [0, 0.05) is 17.5 Å². The van der Waals surface area contributed by atoms with Gasteiger partial charge in [-0.2, -0.15) is 0 Å². The van der Waals surface area contributed by atoms with E-state index in [1.807, 2.05) is 12.1 Å². The van der Waals surface area contributed by atoms with E-state index < -0.39 is 0 Å². The molecule has 2 nitrogen and oxygen atoms in total. The van der Waals surface area contributed by atoms with Gasteiger partial charge in [0.15, 0.2) is 0 Å². The fourth-order valence-electron chi connectivity index (χ4n) is 1.61. The highest BCUT2D eigenvalue weighted by molar-refractivity contribution is 6.24. The maximum Gasteiger partial charge on any atom is 0.122 e. The smallest absolute Gasteiger partial charge is 0.122 e. The average molecular weight is 228 g/mol. The number of nitrogens with one attached hydrogen (secondary N) is 1. The highest BCUT2D eigenvalue weighted by Crippen LogP contribution is 2.36. The quantitative estimate of drug-likeness (QED) is 0.599. The van der Waals surface area contributed by atoms with Gasteiger partial charge in [-0.15, -0.1) is 0 Å². The largest absolute Gasteiger partial charge is 0.507 e. The van der Waals surface area contributed by atoms with Crippen LogP contribution in [-0.2, 0) is 0 Å². The molecule has 0 spiro atoms. The number of rotatable bonds is 3. The number of halogens is 1. The van der Waals surface area contributed by atoms with Crippen LogP contribution in [0.3, 0.4) is 0 Å². The summed E-state index contributed by atoms with van der Waals surface area (Å²) in [6.45, 7) is 8.21. The Labute approximate surface area is 96.4 Å². The van der Waals surface area contributed by atoms with E-state index in [1.165, 1.54) is 0 Å². The zero-order chi connectivity index (χ0) is 11.6. The topological polar surface area (TPSA) is 32.3 Å². The molecule has 2 N–H and O–H groups in total. The summed E-state index contributed by atoms with van der Waals surface area (Å²) in [5.74, 6) is 0.968. The number of phenolic OH excluding ortho intramolecular Hbond substituents is 1.